The Morgan fingerprint density at radius 2 is 2.17 bits per heavy atom. The molecule has 0 aromatic heterocycles. The summed E-state index contributed by atoms with van der Waals surface area (Å²) < 4.78 is 21.2. The normalized spacial score (nSPS) is 38.0. The molecule has 0 saturated carbocycles. The molecule has 0 bridgehead atoms. The molecule has 0 spiro atoms. The zero-order valence-electron chi connectivity index (χ0n) is 10.7. The highest BCUT2D eigenvalue weighted by atomic mass is 16.8. The van der Waals surface area contributed by atoms with Gasteiger partial charge in [-0.05, 0) is 26.8 Å². The first-order valence-electron chi connectivity index (χ1n) is 5.97. The summed E-state index contributed by atoms with van der Waals surface area (Å²) in [5.74, 6) is -1.22. The maximum Gasteiger partial charge on any atom is 0.330 e. The number of carbonyl (C=O) groups is 1. The van der Waals surface area contributed by atoms with Crippen LogP contribution in [-0.4, -0.2) is 48.1 Å². The van der Waals surface area contributed by atoms with Crippen LogP contribution in [0, 0.1) is 0 Å². The fourth-order valence-corrected chi connectivity index (χ4v) is 2.04. The smallest absolute Gasteiger partial charge is 0.330 e. The Hall–Kier alpha value is -0.950. The first kappa shape index (κ1) is 13.5. The molecule has 18 heavy (non-hydrogen) atoms. The standard InChI is InChI=1S/C12H18O6/c1-4-15-8(13)6-5-7-9(14)10-11(16-7)18-12(2,3)17-10/h5-7,9-11,14H,4H2,1-3H3/b6-5+/t7-,9+,10-,11-/m1/s1. The summed E-state index contributed by atoms with van der Waals surface area (Å²) in [5.41, 5.74) is 0. The van der Waals surface area contributed by atoms with Crippen LogP contribution in [0.25, 0.3) is 0 Å². The van der Waals surface area contributed by atoms with Crippen molar-refractivity contribution in [1.82, 2.24) is 0 Å². The van der Waals surface area contributed by atoms with Crippen LogP contribution < -0.4 is 0 Å². The number of esters is 1. The van der Waals surface area contributed by atoms with E-state index in [1.54, 1.807) is 20.8 Å². The van der Waals surface area contributed by atoms with Crippen LogP contribution in [-0.2, 0) is 23.7 Å². The number of hydrogen-bond acceptors (Lipinski definition) is 6. The molecule has 4 atom stereocenters. The average Bonchev–Trinajstić information content (AvgIpc) is 2.71. The largest absolute Gasteiger partial charge is 0.463 e. The summed E-state index contributed by atoms with van der Waals surface area (Å²) in [6.45, 7) is 5.54. The molecule has 6 heteroatoms. The molecule has 0 amide bonds. The molecule has 2 saturated heterocycles. The zero-order valence-corrected chi connectivity index (χ0v) is 10.7. The minimum Gasteiger partial charge on any atom is -0.463 e. The van der Waals surface area contributed by atoms with Gasteiger partial charge in [-0.3, -0.25) is 0 Å². The van der Waals surface area contributed by atoms with Crippen molar-refractivity contribution in [2.45, 2.75) is 51.2 Å². The minimum absolute atomic E-state index is 0.308. The molecule has 0 unspecified atom stereocenters. The van der Waals surface area contributed by atoms with Gasteiger partial charge in [0.1, 0.15) is 18.3 Å². The van der Waals surface area contributed by atoms with Gasteiger partial charge >= 0.3 is 5.97 Å². The SMILES string of the molecule is CCOC(=O)/C=C/[C@H]1O[C@@H]2OC(C)(C)O[C@@H]2[C@H]1O. The van der Waals surface area contributed by atoms with E-state index in [-0.39, 0.29) is 0 Å². The molecule has 1 N–H and O–H groups in total. The number of aliphatic hydroxyl groups excluding tert-OH is 1. The fourth-order valence-electron chi connectivity index (χ4n) is 2.04. The van der Waals surface area contributed by atoms with Gasteiger partial charge in [-0.25, -0.2) is 4.79 Å². The summed E-state index contributed by atoms with van der Waals surface area (Å²) >= 11 is 0. The van der Waals surface area contributed by atoms with Gasteiger partial charge in [0.05, 0.1) is 6.61 Å². The van der Waals surface area contributed by atoms with Gasteiger partial charge in [-0.2, -0.15) is 0 Å². The molecule has 2 rings (SSSR count). The van der Waals surface area contributed by atoms with E-state index in [2.05, 4.69) is 0 Å². The van der Waals surface area contributed by atoms with E-state index in [1.807, 2.05) is 0 Å². The third-order valence-corrected chi connectivity index (χ3v) is 2.76. The molecule has 0 radical (unpaired) electrons. The molecule has 2 aliphatic heterocycles. The Morgan fingerprint density at radius 3 is 2.78 bits per heavy atom. The molecule has 2 heterocycles. The second-order valence-electron chi connectivity index (χ2n) is 4.67. The number of fused-ring (bicyclic) bond motifs is 1. The van der Waals surface area contributed by atoms with Crippen LogP contribution in [0.1, 0.15) is 20.8 Å². The minimum atomic E-state index is -0.859. The van der Waals surface area contributed by atoms with Gasteiger partial charge in [0.25, 0.3) is 0 Å². The van der Waals surface area contributed by atoms with Gasteiger partial charge in [0.15, 0.2) is 12.1 Å². The average molecular weight is 258 g/mol. The highest BCUT2D eigenvalue weighted by molar-refractivity contribution is 5.81. The van der Waals surface area contributed by atoms with Crippen molar-refractivity contribution in [2.24, 2.45) is 0 Å². The first-order valence-corrected chi connectivity index (χ1v) is 5.97. The van der Waals surface area contributed by atoms with Crippen molar-refractivity contribution in [1.29, 1.82) is 0 Å². The number of hydrogen-bond donors (Lipinski definition) is 1. The van der Waals surface area contributed by atoms with Gasteiger partial charge in [-0.15, -0.1) is 0 Å². The second-order valence-corrected chi connectivity index (χ2v) is 4.67. The molecule has 0 aliphatic carbocycles. The monoisotopic (exact) mass is 258 g/mol. The number of aliphatic hydroxyl groups is 1. The van der Waals surface area contributed by atoms with Crippen LogP contribution in [0.15, 0.2) is 12.2 Å². The van der Waals surface area contributed by atoms with Crippen LogP contribution in [0.5, 0.6) is 0 Å². The summed E-state index contributed by atoms with van der Waals surface area (Å²) in [6.07, 6.45) is 0.0798. The van der Waals surface area contributed by atoms with Crippen LogP contribution in [0.3, 0.4) is 0 Å². The quantitative estimate of drug-likeness (QED) is 0.581. The van der Waals surface area contributed by atoms with E-state index in [9.17, 15) is 9.90 Å². The summed E-state index contributed by atoms with van der Waals surface area (Å²) in [4.78, 5) is 11.1. The maximum atomic E-state index is 11.1. The lowest BCUT2D eigenvalue weighted by atomic mass is 10.1. The lowest BCUT2D eigenvalue weighted by Gasteiger charge is -2.21. The Kier molecular flexibility index (Phi) is 3.72. The maximum absolute atomic E-state index is 11.1. The van der Waals surface area contributed by atoms with Crippen molar-refractivity contribution in [3.05, 3.63) is 12.2 Å². The molecule has 2 fully saturated rings. The van der Waals surface area contributed by atoms with E-state index in [1.165, 1.54) is 12.2 Å². The lowest BCUT2D eigenvalue weighted by molar-refractivity contribution is -0.209. The predicted octanol–water partition coefficient (Wildman–Crippen LogP) is 0.343. The predicted molar refractivity (Wildman–Crippen MR) is 60.5 cm³/mol. The third kappa shape index (κ3) is 2.72. The summed E-state index contributed by atoms with van der Waals surface area (Å²) in [6, 6.07) is 0. The van der Waals surface area contributed by atoms with Crippen LogP contribution in [0.2, 0.25) is 0 Å². The van der Waals surface area contributed by atoms with Crippen molar-refractivity contribution >= 4 is 5.97 Å². The van der Waals surface area contributed by atoms with E-state index in [0.717, 1.165) is 0 Å². The van der Waals surface area contributed by atoms with E-state index >= 15 is 0 Å². The van der Waals surface area contributed by atoms with Gasteiger partial charge in [0.2, 0.25) is 0 Å². The van der Waals surface area contributed by atoms with Crippen molar-refractivity contribution in [2.75, 3.05) is 6.61 Å². The summed E-state index contributed by atoms with van der Waals surface area (Å²) in [5, 5.41) is 10.0. The van der Waals surface area contributed by atoms with Crippen molar-refractivity contribution < 1.29 is 28.8 Å². The van der Waals surface area contributed by atoms with Gasteiger partial charge in [0, 0.05) is 6.08 Å². The van der Waals surface area contributed by atoms with Gasteiger partial charge in [-0.1, -0.05) is 0 Å². The first-order chi connectivity index (χ1) is 8.43. The van der Waals surface area contributed by atoms with Crippen molar-refractivity contribution in [3.63, 3.8) is 0 Å². The van der Waals surface area contributed by atoms with Gasteiger partial charge < -0.3 is 24.1 Å². The Morgan fingerprint density at radius 1 is 1.44 bits per heavy atom. The van der Waals surface area contributed by atoms with E-state index in [0.29, 0.717) is 6.61 Å². The zero-order chi connectivity index (χ0) is 13.3. The summed E-state index contributed by atoms with van der Waals surface area (Å²) in [7, 11) is 0. The lowest BCUT2D eigenvalue weighted by Crippen LogP contribution is -2.33. The molecule has 0 aromatic carbocycles. The second kappa shape index (κ2) is 4.97. The highest BCUT2D eigenvalue weighted by Gasteiger charge is 2.53. The number of rotatable bonds is 3. The molecular formula is C12H18O6. The van der Waals surface area contributed by atoms with E-state index < -0.39 is 36.4 Å². The number of carbonyl (C=O) groups excluding carboxylic acids is 1. The molecule has 2 aliphatic rings. The van der Waals surface area contributed by atoms with Crippen LogP contribution >= 0.6 is 0 Å². The topological polar surface area (TPSA) is 74.2 Å². The highest BCUT2D eigenvalue weighted by Crippen LogP contribution is 2.37. The Labute approximate surface area is 105 Å². The molecule has 0 aromatic rings. The van der Waals surface area contributed by atoms with E-state index in [4.69, 9.17) is 18.9 Å². The Balaban J connectivity index is 1.93. The number of ether oxygens (including phenoxy) is 4. The molecule has 102 valence electrons. The molecular weight excluding hydrogens is 240 g/mol. The molecule has 6 nitrogen and oxygen atoms in total. The van der Waals surface area contributed by atoms with Crippen LogP contribution in [0.4, 0.5) is 0 Å². The van der Waals surface area contributed by atoms with Crippen molar-refractivity contribution in [3.8, 4) is 0 Å². The Bertz CT molecular complexity index is 350. The fraction of sp³-hybridized carbons (Fsp3) is 0.750. The third-order valence-electron chi connectivity index (χ3n) is 2.76.